The minimum atomic E-state index is -0.552. The van der Waals surface area contributed by atoms with E-state index in [0.29, 0.717) is 16.3 Å². The molecule has 5 rings (SSSR count). The summed E-state index contributed by atoms with van der Waals surface area (Å²) in [6.45, 7) is 5.65. The van der Waals surface area contributed by atoms with E-state index in [0.717, 1.165) is 12.0 Å². The highest BCUT2D eigenvalue weighted by molar-refractivity contribution is 6.33. The van der Waals surface area contributed by atoms with Gasteiger partial charge in [-0.1, -0.05) is 35.9 Å². The summed E-state index contributed by atoms with van der Waals surface area (Å²) in [5, 5.41) is 0.330. The summed E-state index contributed by atoms with van der Waals surface area (Å²) in [7, 11) is 0. The second kappa shape index (κ2) is 5.91. The van der Waals surface area contributed by atoms with E-state index in [1.54, 1.807) is 6.33 Å². The van der Waals surface area contributed by atoms with Gasteiger partial charge >= 0.3 is 6.09 Å². The Morgan fingerprint density at radius 3 is 2.68 bits per heavy atom. The Morgan fingerprint density at radius 2 is 1.93 bits per heavy atom. The summed E-state index contributed by atoms with van der Waals surface area (Å²) in [4.78, 5) is 27.7. The fourth-order valence-corrected chi connectivity index (χ4v) is 4.63. The number of carbonyl (C=O) groups is 1. The van der Waals surface area contributed by atoms with Crippen molar-refractivity contribution in [3.8, 4) is 0 Å². The lowest BCUT2D eigenvalue weighted by molar-refractivity contribution is 0.0165. The monoisotopic (exact) mass is 397 g/mol. The zero-order valence-corrected chi connectivity index (χ0v) is 16.6. The normalized spacial score (nSPS) is 23.3. The number of fused-ring (bicyclic) bond motifs is 6. The highest BCUT2D eigenvalue weighted by atomic mass is 35.5. The maximum atomic E-state index is 13.1. The van der Waals surface area contributed by atoms with Gasteiger partial charge in [-0.15, -0.1) is 0 Å². The van der Waals surface area contributed by atoms with Gasteiger partial charge in [0.2, 0.25) is 0 Å². The van der Waals surface area contributed by atoms with Crippen LogP contribution in [0, 0.1) is 0 Å². The van der Waals surface area contributed by atoms with Crippen molar-refractivity contribution in [2.24, 2.45) is 0 Å². The van der Waals surface area contributed by atoms with Crippen LogP contribution in [0.2, 0.25) is 5.15 Å². The first-order chi connectivity index (χ1) is 13.3. The van der Waals surface area contributed by atoms with E-state index in [4.69, 9.17) is 16.3 Å². The highest BCUT2D eigenvalue weighted by Crippen LogP contribution is 2.58. The first kappa shape index (κ1) is 17.4. The fourth-order valence-electron chi connectivity index (χ4n) is 4.46. The highest BCUT2D eigenvalue weighted by Gasteiger charge is 2.54. The lowest BCUT2D eigenvalue weighted by Gasteiger charge is -2.29. The van der Waals surface area contributed by atoms with Crippen LogP contribution in [-0.2, 0) is 4.74 Å². The number of nitrogens with zero attached hydrogens (tertiary/aromatic N) is 5. The average molecular weight is 398 g/mol. The Balaban J connectivity index is 1.60. The molecule has 3 aromatic rings. The van der Waals surface area contributed by atoms with Gasteiger partial charge in [0, 0.05) is 0 Å². The van der Waals surface area contributed by atoms with Gasteiger partial charge in [0.25, 0.3) is 0 Å². The van der Waals surface area contributed by atoms with Crippen LogP contribution in [0.5, 0.6) is 0 Å². The number of hydrogen-bond acceptors (Lipinski definition) is 5. The summed E-state index contributed by atoms with van der Waals surface area (Å²) in [5.41, 5.74) is 3.04. The Kier molecular flexibility index (Phi) is 3.68. The van der Waals surface area contributed by atoms with E-state index in [-0.39, 0.29) is 24.2 Å². The van der Waals surface area contributed by atoms with Crippen molar-refractivity contribution in [1.82, 2.24) is 24.4 Å². The molecule has 1 saturated heterocycles. The van der Waals surface area contributed by atoms with Crippen molar-refractivity contribution in [1.29, 1.82) is 0 Å². The number of carbonyl (C=O) groups excluding carboxylic acids is 1. The third-order valence-electron chi connectivity index (χ3n) is 5.41. The molecule has 2 aliphatic rings. The standard InChI is InChI=1S/C20H20ClN5O2/c1-20(2,3)28-19(27)26-13-8-14(16(26)12-7-5-4-6-11(12)13)25-10-24-15-17(21)22-9-23-18(15)25/h4-7,9-10,13-14,16H,8H2,1-3H3/t13-,14?,16-/m1/s1. The fraction of sp³-hybridized carbons (Fsp3) is 0.400. The van der Waals surface area contributed by atoms with Gasteiger partial charge in [0.1, 0.15) is 17.4 Å². The number of aromatic nitrogens is 4. The second-order valence-corrected chi connectivity index (χ2v) is 8.63. The van der Waals surface area contributed by atoms with Crippen LogP contribution >= 0.6 is 11.6 Å². The minimum Gasteiger partial charge on any atom is -0.444 e. The number of benzene rings is 1. The molecule has 0 radical (unpaired) electrons. The first-order valence-corrected chi connectivity index (χ1v) is 9.66. The van der Waals surface area contributed by atoms with Gasteiger partial charge < -0.3 is 9.30 Å². The van der Waals surface area contributed by atoms with Gasteiger partial charge in [0.05, 0.1) is 24.5 Å². The number of rotatable bonds is 1. The molecule has 4 heterocycles. The molecule has 1 unspecified atom stereocenters. The molecule has 0 spiro atoms. The van der Waals surface area contributed by atoms with Crippen LogP contribution in [0.25, 0.3) is 11.2 Å². The molecular formula is C20H20ClN5O2. The smallest absolute Gasteiger partial charge is 0.411 e. The van der Waals surface area contributed by atoms with Gasteiger partial charge in [-0.25, -0.2) is 19.7 Å². The predicted molar refractivity (Wildman–Crippen MR) is 104 cm³/mol. The van der Waals surface area contributed by atoms with Crippen LogP contribution in [0.3, 0.4) is 0 Å². The topological polar surface area (TPSA) is 73.1 Å². The van der Waals surface area contributed by atoms with Crippen LogP contribution < -0.4 is 0 Å². The van der Waals surface area contributed by atoms with Crippen molar-refractivity contribution in [3.05, 3.63) is 53.2 Å². The van der Waals surface area contributed by atoms with E-state index in [9.17, 15) is 4.79 Å². The van der Waals surface area contributed by atoms with Gasteiger partial charge in [-0.2, -0.15) is 0 Å². The zero-order valence-electron chi connectivity index (χ0n) is 15.8. The number of halogens is 1. The van der Waals surface area contributed by atoms with Crippen LogP contribution in [-0.4, -0.2) is 36.1 Å². The first-order valence-electron chi connectivity index (χ1n) is 9.28. The Labute approximate surface area is 167 Å². The summed E-state index contributed by atoms with van der Waals surface area (Å²) in [6, 6.07) is 8.04. The minimum absolute atomic E-state index is 0.00313. The molecule has 2 aromatic heterocycles. The predicted octanol–water partition coefficient (Wildman–Crippen LogP) is 4.46. The quantitative estimate of drug-likeness (QED) is 0.567. The lowest BCUT2D eigenvalue weighted by atomic mass is 9.88. The molecule has 3 atom stereocenters. The van der Waals surface area contributed by atoms with Gasteiger partial charge in [0.15, 0.2) is 10.8 Å². The zero-order chi connectivity index (χ0) is 19.6. The molecule has 0 aliphatic carbocycles. The number of hydrogen-bond donors (Lipinski definition) is 0. The van der Waals surface area contributed by atoms with Crippen molar-refractivity contribution in [2.45, 2.75) is 50.9 Å². The van der Waals surface area contributed by atoms with Crippen LogP contribution in [0.1, 0.15) is 56.4 Å². The van der Waals surface area contributed by atoms with Crippen molar-refractivity contribution in [3.63, 3.8) is 0 Å². The SMILES string of the molecule is CC(C)(C)OC(=O)N1[C@@H]2CC(n3cnc4c(Cl)ncnc43)[C@H]1c1ccccc12. The number of amides is 1. The third-order valence-corrected chi connectivity index (χ3v) is 5.69. The molecule has 7 nitrogen and oxygen atoms in total. The summed E-state index contributed by atoms with van der Waals surface area (Å²) in [6.07, 6.45) is 3.66. The van der Waals surface area contributed by atoms with E-state index in [2.05, 4.69) is 27.1 Å². The molecule has 1 fully saturated rings. The summed E-state index contributed by atoms with van der Waals surface area (Å²) in [5.74, 6) is 0. The van der Waals surface area contributed by atoms with Crippen LogP contribution in [0.15, 0.2) is 36.9 Å². The maximum Gasteiger partial charge on any atom is 0.411 e. The molecule has 0 N–H and O–H groups in total. The molecule has 1 aromatic carbocycles. The van der Waals surface area contributed by atoms with Crippen molar-refractivity contribution >= 4 is 28.9 Å². The van der Waals surface area contributed by atoms with Crippen molar-refractivity contribution < 1.29 is 9.53 Å². The third kappa shape index (κ3) is 2.49. The Bertz CT molecular complexity index is 1090. The largest absolute Gasteiger partial charge is 0.444 e. The van der Waals surface area contributed by atoms with Gasteiger partial charge in [-0.05, 0) is 38.3 Å². The van der Waals surface area contributed by atoms with E-state index in [1.807, 2.05) is 42.4 Å². The molecule has 2 aliphatic heterocycles. The molecule has 0 saturated carbocycles. The molecular weight excluding hydrogens is 378 g/mol. The lowest BCUT2D eigenvalue weighted by Crippen LogP contribution is -2.35. The maximum absolute atomic E-state index is 13.1. The van der Waals surface area contributed by atoms with E-state index >= 15 is 0 Å². The van der Waals surface area contributed by atoms with Gasteiger partial charge in [-0.3, -0.25) is 4.90 Å². The molecule has 2 bridgehead atoms. The van der Waals surface area contributed by atoms with E-state index in [1.165, 1.54) is 11.9 Å². The second-order valence-electron chi connectivity index (χ2n) is 8.27. The number of imidazole rings is 1. The van der Waals surface area contributed by atoms with Crippen LogP contribution in [0.4, 0.5) is 4.79 Å². The molecule has 144 valence electrons. The Hall–Kier alpha value is -2.67. The summed E-state index contributed by atoms with van der Waals surface area (Å²) < 4.78 is 7.74. The molecule has 8 heteroatoms. The summed E-state index contributed by atoms with van der Waals surface area (Å²) >= 11 is 6.18. The molecule has 1 amide bonds. The number of ether oxygens (including phenoxy) is 1. The van der Waals surface area contributed by atoms with E-state index < -0.39 is 5.60 Å². The average Bonchev–Trinajstić information content (AvgIpc) is 3.30. The molecule has 28 heavy (non-hydrogen) atoms. The van der Waals surface area contributed by atoms with Crippen molar-refractivity contribution in [2.75, 3.05) is 0 Å². The Morgan fingerprint density at radius 1 is 1.18 bits per heavy atom.